The van der Waals surface area contributed by atoms with Gasteiger partial charge in [0, 0.05) is 12.8 Å². The lowest BCUT2D eigenvalue weighted by Gasteiger charge is -2.30. The lowest BCUT2D eigenvalue weighted by Crippen LogP contribution is -2.20. The van der Waals surface area contributed by atoms with E-state index in [4.69, 9.17) is 0 Å². The minimum atomic E-state index is 0.546. The SMILES string of the molecule is CCCCCc1ccc(C2CCC(CC(=O)C[C@H]3CC[C@H](c4ccc(CCCCC)cc4)CC3)CC2)cc1. The summed E-state index contributed by atoms with van der Waals surface area (Å²) in [4.78, 5) is 13.0. The van der Waals surface area contributed by atoms with Crippen molar-refractivity contribution in [3.05, 3.63) is 70.8 Å². The second kappa shape index (κ2) is 15.6. The monoisotopic (exact) mass is 514 g/mol. The Labute approximate surface area is 234 Å². The van der Waals surface area contributed by atoms with Gasteiger partial charge in [-0.25, -0.2) is 0 Å². The number of aryl methyl sites for hydroxylation is 2. The predicted octanol–water partition coefficient (Wildman–Crippen LogP) is 10.7. The van der Waals surface area contributed by atoms with E-state index >= 15 is 0 Å². The zero-order valence-electron chi connectivity index (χ0n) is 24.6. The molecule has 2 fully saturated rings. The molecule has 0 spiro atoms. The Morgan fingerprint density at radius 1 is 0.553 bits per heavy atom. The van der Waals surface area contributed by atoms with E-state index in [9.17, 15) is 4.79 Å². The molecule has 2 aliphatic carbocycles. The molecule has 2 aromatic rings. The van der Waals surface area contributed by atoms with Gasteiger partial charge in [-0.2, -0.15) is 0 Å². The number of carbonyl (C=O) groups is 1. The van der Waals surface area contributed by atoms with Crippen LogP contribution in [-0.2, 0) is 17.6 Å². The molecule has 1 heteroatoms. The van der Waals surface area contributed by atoms with Gasteiger partial charge in [0.25, 0.3) is 0 Å². The molecule has 0 aromatic heterocycles. The first-order valence-electron chi connectivity index (χ1n) is 16.3. The maximum Gasteiger partial charge on any atom is 0.133 e. The second-order valence-electron chi connectivity index (χ2n) is 12.8. The lowest BCUT2D eigenvalue weighted by molar-refractivity contribution is -0.121. The normalized spacial score (nSPS) is 23.8. The molecule has 4 rings (SSSR count). The van der Waals surface area contributed by atoms with Crippen LogP contribution in [0, 0.1) is 11.8 Å². The molecule has 0 saturated heterocycles. The Hall–Kier alpha value is -1.89. The summed E-state index contributed by atoms with van der Waals surface area (Å²) in [6.45, 7) is 4.54. The molecule has 0 bridgehead atoms. The highest BCUT2D eigenvalue weighted by Gasteiger charge is 2.27. The molecule has 0 amide bonds. The van der Waals surface area contributed by atoms with Crippen molar-refractivity contribution >= 4 is 5.78 Å². The first-order chi connectivity index (χ1) is 18.6. The molecule has 0 heterocycles. The van der Waals surface area contributed by atoms with Gasteiger partial charge in [0.15, 0.2) is 0 Å². The number of ketones is 1. The summed E-state index contributed by atoms with van der Waals surface area (Å²) in [5, 5.41) is 0. The van der Waals surface area contributed by atoms with Crippen molar-refractivity contribution in [1.29, 1.82) is 0 Å². The molecule has 208 valence electrons. The Kier molecular flexibility index (Phi) is 12.0. The molecule has 0 radical (unpaired) electrons. The fraction of sp³-hybridized carbons (Fsp3) is 0.649. The minimum absolute atomic E-state index is 0.546. The summed E-state index contributed by atoms with van der Waals surface area (Å²) in [5.41, 5.74) is 6.03. The van der Waals surface area contributed by atoms with Crippen molar-refractivity contribution in [1.82, 2.24) is 0 Å². The van der Waals surface area contributed by atoms with Crippen molar-refractivity contribution in [2.75, 3.05) is 0 Å². The van der Waals surface area contributed by atoms with Crippen molar-refractivity contribution in [2.45, 2.75) is 141 Å². The maximum absolute atomic E-state index is 13.0. The molecule has 38 heavy (non-hydrogen) atoms. The first kappa shape index (κ1) is 29.1. The van der Waals surface area contributed by atoms with Crippen LogP contribution in [0.2, 0.25) is 0 Å². The highest BCUT2D eigenvalue weighted by Crippen LogP contribution is 2.40. The van der Waals surface area contributed by atoms with E-state index in [0.29, 0.717) is 29.5 Å². The zero-order valence-corrected chi connectivity index (χ0v) is 24.6. The molecule has 2 saturated carbocycles. The number of hydrogen-bond acceptors (Lipinski definition) is 1. The smallest absolute Gasteiger partial charge is 0.133 e. The van der Waals surface area contributed by atoms with Crippen LogP contribution in [0.1, 0.15) is 151 Å². The molecule has 0 atom stereocenters. The first-order valence-corrected chi connectivity index (χ1v) is 16.3. The summed E-state index contributed by atoms with van der Waals surface area (Å²) < 4.78 is 0. The number of carbonyl (C=O) groups excluding carboxylic acids is 1. The van der Waals surface area contributed by atoms with Crippen molar-refractivity contribution < 1.29 is 4.79 Å². The van der Waals surface area contributed by atoms with Crippen molar-refractivity contribution in [3.63, 3.8) is 0 Å². The largest absolute Gasteiger partial charge is 0.300 e. The molecule has 2 aromatic carbocycles. The van der Waals surface area contributed by atoms with Gasteiger partial charge < -0.3 is 0 Å². The Balaban J connectivity index is 1.12. The van der Waals surface area contributed by atoms with Crippen LogP contribution >= 0.6 is 0 Å². The average Bonchev–Trinajstić information content (AvgIpc) is 2.95. The van der Waals surface area contributed by atoms with Crippen LogP contribution < -0.4 is 0 Å². The van der Waals surface area contributed by atoms with E-state index in [1.807, 2.05) is 0 Å². The molecule has 0 N–H and O–H groups in total. The van der Waals surface area contributed by atoms with Gasteiger partial charge in [-0.1, -0.05) is 88.1 Å². The van der Waals surface area contributed by atoms with Crippen LogP contribution in [0.5, 0.6) is 0 Å². The topological polar surface area (TPSA) is 17.1 Å². The fourth-order valence-corrected chi connectivity index (χ4v) is 7.20. The zero-order chi connectivity index (χ0) is 26.6. The maximum atomic E-state index is 13.0. The van der Waals surface area contributed by atoms with Gasteiger partial charge in [-0.3, -0.25) is 4.79 Å². The predicted molar refractivity (Wildman–Crippen MR) is 163 cm³/mol. The third-order valence-electron chi connectivity index (χ3n) is 9.77. The van der Waals surface area contributed by atoms with Crippen LogP contribution in [-0.4, -0.2) is 5.78 Å². The van der Waals surface area contributed by atoms with E-state index in [2.05, 4.69) is 62.4 Å². The van der Waals surface area contributed by atoms with E-state index in [1.165, 1.54) is 125 Å². The number of unbranched alkanes of at least 4 members (excludes halogenated alkanes) is 4. The third-order valence-corrected chi connectivity index (χ3v) is 9.77. The number of rotatable bonds is 14. The molecule has 1 nitrogen and oxygen atoms in total. The molecular weight excluding hydrogens is 460 g/mol. The molecule has 0 aliphatic heterocycles. The van der Waals surface area contributed by atoms with Gasteiger partial charge in [0.05, 0.1) is 0 Å². The second-order valence-corrected chi connectivity index (χ2v) is 12.8. The summed E-state index contributed by atoms with van der Waals surface area (Å²) in [6, 6.07) is 19.0. The standard InChI is InChI=1S/C37H54O/c1-3-5-7-9-29-11-19-33(20-12-29)35-23-15-31(16-24-35)27-37(38)28-32-17-25-36(26-18-32)34-21-13-30(14-22-34)10-8-6-4-2/h11-14,19-22,31-32,35-36H,3-10,15-18,23-28H2,1-2H3/t31-,32?,35-,36?. The molecule has 2 aliphatic rings. The third kappa shape index (κ3) is 9.10. The van der Waals surface area contributed by atoms with Gasteiger partial charge in [-0.15, -0.1) is 0 Å². The molecular formula is C37H54O. The van der Waals surface area contributed by atoms with Crippen molar-refractivity contribution in [3.8, 4) is 0 Å². The number of benzene rings is 2. The van der Waals surface area contributed by atoms with Crippen LogP contribution in [0.15, 0.2) is 48.5 Å². The fourth-order valence-electron chi connectivity index (χ4n) is 7.20. The van der Waals surface area contributed by atoms with Gasteiger partial charge in [-0.05, 0) is 123 Å². The minimum Gasteiger partial charge on any atom is -0.300 e. The summed E-state index contributed by atoms with van der Waals surface area (Å²) in [5.74, 6) is 3.20. The van der Waals surface area contributed by atoms with E-state index in [-0.39, 0.29) is 0 Å². The Morgan fingerprint density at radius 3 is 1.26 bits per heavy atom. The van der Waals surface area contributed by atoms with Gasteiger partial charge >= 0.3 is 0 Å². The Bertz CT molecular complexity index is 846. The highest BCUT2D eigenvalue weighted by molar-refractivity contribution is 5.78. The summed E-state index contributed by atoms with van der Waals surface area (Å²) in [7, 11) is 0. The van der Waals surface area contributed by atoms with E-state index in [0.717, 1.165) is 12.8 Å². The number of Topliss-reactive ketones (excluding diaryl/α,β-unsaturated/α-hetero) is 1. The Morgan fingerprint density at radius 2 is 0.921 bits per heavy atom. The average molecular weight is 515 g/mol. The van der Waals surface area contributed by atoms with Crippen LogP contribution in [0.25, 0.3) is 0 Å². The van der Waals surface area contributed by atoms with E-state index < -0.39 is 0 Å². The van der Waals surface area contributed by atoms with Crippen LogP contribution in [0.3, 0.4) is 0 Å². The van der Waals surface area contributed by atoms with Crippen molar-refractivity contribution in [2.24, 2.45) is 11.8 Å². The lowest BCUT2D eigenvalue weighted by atomic mass is 9.74. The summed E-state index contributed by atoms with van der Waals surface area (Å²) >= 11 is 0. The van der Waals surface area contributed by atoms with E-state index in [1.54, 1.807) is 0 Å². The quantitative estimate of drug-likeness (QED) is 0.229. The number of hydrogen-bond donors (Lipinski definition) is 0. The summed E-state index contributed by atoms with van der Waals surface area (Å²) in [6.07, 6.45) is 21.9. The highest BCUT2D eigenvalue weighted by atomic mass is 16.1. The van der Waals surface area contributed by atoms with Crippen LogP contribution in [0.4, 0.5) is 0 Å². The molecule has 0 unspecified atom stereocenters. The van der Waals surface area contributed by atoms with Gasteiger partial charge in [0.1, 0.15) is 5.78 Å². The van der Waals surface area contributed by atoms with Gasteiger partial charge in [0.2, 0.25) is 0 Å².